The van der Waals surface area contributed by atoms with Gasteiger partial charge < -0.3 is 19.1 Å². The number of amides is 1. The van der Waals surface area contributed by atoms with E-state index in [2.05, 4.69) is 9.97 Å². The number of aromatic nitrogens is 3. The third-order valence-corrected chi connectivity index (χ3v) is 4.73. The van der Waals surface area contributed by atoms with Gasteiger partial charge in [0.05, 0.1) is 12.0 Å². The van der Waals surface area contributed by atoms with Crippen LogP contribution >= 0.6 is 0 Å². The van der Waals surface area contributed by atoms with E-state index >= 15 is 0 Å². The van der Waals surface area contributed by atoms with Crippen LogP contribution in [-0.4, -0.2) is 70.3 Å². The van der Waals surface area contributed by atoms with Gasteiger partial charge in [0.2, 0.25) is 11.4 Å². The lowest BCUT2D eigenvalue weighted by atomic mass is 10.2. The maximum Gasteiger partial charge on any atom is 0.471 e. The van der Waals surface area contributed by atoms with E-state index in [0.717, 1.165) is 4.90 Å². The Kier molecular flexibility index (Phi) is 5.94. The van der Waals surface area contributed by atoms with Crippen molar-refractivity contribution in [2.24, 2.45) is 0 Å². The summed E-state index contributed by atoms with van der Waals surface area (Å²) >= 11 is 0. The van der Waals surface area contributed by atoms with Gasteiger partial charge in [-0.1, -0.05) is 0 Å². The predicted octanol–water partition coefficient (Wildman–Crippen LogP) is 1.20. The number of rotatable bonds is 4. The second kappa shape index (κ2) is 8.28. The van der Waals surface area contributed by atoms with Gasteiger partial charge in [-0.25, -0.2) is 9.78 Å². The van der Waals surface area contributed by atoms with Crippen molar-refractivity contribution >= 4 is 28.9 Å². The first kappa shape index (κ1) is 21.5. The average molecular weight is 427 g/mol. The summed E-state index contributed by atoms with van der Waals surface area (Å²) in [6.07, 6.45) is -2.24. The highest BCUT2D eigenvalue weighted by atomic mass is 19.4. The highest BCUT2D eigenvalue weighted by molar-refractivity contribution is 5.93. The largest absolute Gasteiger partial charge is 0.471 e. The SMILES string of the molecule is CCOC(=O)c1cn(CC)c2nc(N3CCN(C(=O)C(F)(F)F)CC3)ncc2c1=O. The fourth-order valence-corrected chi connectivity index (χ4v) is 3.20. The predicted molar refractivity (Wildman–Crippen MR) is 100 cm³/mol. The number of nitrogens with zero attached hydrogens (tertiary/aromatic N) is 5. The Morgan fingerprint density at radius 3 is 2.40 bits per heavy atom. The van der Waals surface area contributed by atoms with Crippen molar-refractivity contribution in [1.29, 1.82) is 0 Å². The van der Waals surface area contributed by atoms with Crippen molar-refractivity contribution in [3.05, 3.63) is 28.2 Å². The number of halogens is 3. The number of carbonyl (C=O) groups excluding carboxylic acids is 2. The minimum atomic E-state index is -4.91. The van der Waals surface area contributed by atoms with E-state index in [-0.39, 0.29) is 49.7 Å². The number of fused-ring (bicyclic) bond motifs is 1. The van der Waals surface area contributed by atoms with Crippen LogP contribution in [0.2, 0.25) is 0 Å². The lowest BCUT2D eigenvalue weighted by molar-refractivity contribution is -0.185. The quantitative estimate of drug-likeness (QED) is 0.677. The number of piperazine rings is 1. The number of pyridine rings is 1. The summed E-state index contributed by atoms with van der Waals surface area (Å²) in [5.74, 6) is -2.37. The van der Waals surface area contributed by atoms with Crippen LogP contribution in [-0.2, 0) is 16.1 Å². The summed E-state index contributed by atoms with van der Waals surface area (Å²) in [6.45, 7) is 3.96. The van der Waals surface area contributed by atoms with E-state index in [1.807, 2.05) is 6.92 Å². The molecule has 12 heteroatoms. The van der Waals surface area contributed by atoms with E-state index in [0.29, 0.717) is 12.2 Å². The van der Waals surface area contributed by atoms with Gasteiger partial charge in [-0.15, -0.1) is 0 Å². The number of anilines is 1. The van der Waals surface area contributed by atoms with Crippen molar-refractivity contribution in [2.75, 3.05) is 37.7 Å². The maximum atomic E-state index is 12.7. The van der Waals surface area contributed by atoms with Crippen molar-refractivity contribution < 1.29 is 27.5 Å². The molecule has 0 radical (unpaired) electrons. The van der Waals surface area contributed by atoms with Crippen LogP contribution in [0.3, 0.4) is 0 Å². The Morgan fingerprint density at radius 2 is 1.83 bits per heavy atom. The number of alkyl halides is 3. The number of aryl methyl sites for hydroxylation is 1. The van der Waals surface area contributed by atoms with E-state index < -0.39 is 23.5 Å². The summed E-state index contributed by atoms with van der Waals surface area (Å²) in [5, 5.41) is 0.136. The summed E-state index contributed by atoms with van der Waals surface area (Å²) in [6, 6.07) is 0. The van der Waals surface area contributed by atoms with Crippen molar-refractivity contribution in [1.82, 2.24) is 19.4 Å². The maximum absolute atomic E-state index is 12.7. The molecule has 1 aliphatic rings. The fourth-order valence-electron chi connectivity index (χ4n) is 3.20. The molecular formula is C18H20F3N5O4. The topological polar surface area (TPSA) is 97.6 Å². The van der Waals surface area contributed by atoms with Gasteiger partial charge in [-0.2, -0.15) is 18.2 Å². The highest BCUT2D eigenvalue weighted by Crippen LogP contribution is 2.21. The molecule has 0 bridgehead atoms. The van der Waals surface area contributed by atoms with E-state index in [9.17, 15) is 27.6 Å². The summed E-state index contributed by atoms with van der Waals surface area (Å²) in [4.78, 5) is 47.0. The number of hydrogen-bond acceptors (Lipinski definition) is 7. The number of hydrogen-bond donors (Lipinski definition) is 0. The van der Waals surface area contributed by atoms with Gasteiger partial charge in [0.1, 0.15) is 11.2 Å². The summed E-state index contributed by atoms with van der Waals surface area (Å²) in [7, 11) is 0. The minimum absolute atomic E-state index is 0.116. The first-order chi connectivity index (χ1) is 14.2. The van der Waals surface area contributed by atoms with E-state index in [1.165, 1.54) is 12.4 Å². The molecule has 1 saturated heterocycles. The Balaban J connectivity index is 1.89. The first-order valence-electron chi connectivity index (χ1n) is 9.35. The van der Waals surface area contributed by atoms with Crippen molar-refractivity contribution in [3.8, 4) is 0 Å². The van der Waals surface area contributed by atoms with Crippen LogP contribution < -0.4 is 10.3 Å². The molecule has 1 amide bonds. The third kappa shape index (κ3) is 4.07. The molecular weight excluding hydrogens is 407 g/mol. The van der Waals surface area contributed by atoms with E-state index in [1.54, 1.807) is 16.4 Å². The second-order valence-electron chi connectivity index (χ2n) is 6.56. The van der Waals surface area contributed by atoms with Crippen LogP contribution in [0.25, 0.3) is 11.0 Å². The molecule has 3 rings (SSSR count). The summed E-state index contributed by atoms with van der Waals surface area (Å²) in [5.41, 5.74) is -0.378. The van der Waals surface area contributed by atoms with E-state index in [4.69, 9.17) is 4.74 Å². The van der Waals surface area contributed by atoms with Gasteiger partial charge in [-0.3, -0.25) is 9.59 Å². The molecule has 2 aromatic heterocycles. The Morgan fingerprint density at radius 1 is 1.17 bits per heavy atom. The molecule has 0 saturated carbocycles. The van der Waals surface area contributed by atoms with Crippen LogP contribution in [0, 0.1) is 0 Å². The van der Waals surface area contributed by atoms with Gasteiger partial charge in [0.15, 0.2) is 0 Å². The Bertz CT molecular complexity index is 1030. The molecule has 0 aromatic carbocycles. The minimum Gasteiger partial charge on any atom is -0.462 e. The molecule has 1 fully saturated rings. The van der Waals surface area contributed by atoms with Crippen LogP contribution in [0.5, 0.6) is 0 Å². The molecule has 0 spiro atoms. The molecule has 0 atom stereocenters. The Labute approximate surface area is 169 Å². The molecule has 0 unspecified atom stereocenters. The monoisotopic (exact) mass is 427 g/mol. The van der Waals surface area contributed by atoms with Crippen molar-refractivity contribution in [3.63, 3.8) is 0 Å². The molecule has 30 heavy (non-hydrogen) atoms. The molecule has 162 valence electrons. The zero-order chi connectivity index (χ0) is 22.1. The number of esters is 1. The first-order valence-corrected chi connectivity index (χ1v) is 9.35. The van der Waals surface area contributed by atoms with Gasteiger partial charge in [0, 0.05) is 45.1 Å². The van der Waals surface area contributed by atoms with Crippen LogP contribution in [0.4, 0.5) is 19.1 Å². The van der Waals surface area contributed by atoms with Crippen LogP contribution in [0.15, 0.2) is 17.2 Å². The number of ether oxygens (including phenoxy) is 1. The van der Waals surface area contributed by atoms with Gasteiger partial charge in [-0.05, 0) is 13.8 Å². The lowest BCUT2D eigenvalue weighted by Gasteiger charge is -2.35. The Hall–Kier alpha value is -3.18. The molecule has 2 aromatic rings. The molecule has 0 N–H and O–H groups in total. The number of carbonyl (C=O) groups is 2. The molecule has 1 aliphatic heterocycles. The molecule has 3 heterocycles. The molecule has 9 nitrogen and oxygen atoms in total. The summed E-state index contributed by atoms with van der Waals surface area (Å²) < 4.78 is 44.3. The second-order valence-corrected chi connectivity index (χ2v) is 6.56. The lowest BCUT2D eigenvalue weighted by Crippen LogP contribution is -2.52. The third-order valence-electron chi connectivity index (χ3n) is 4.73. The normalized spacial score (nSPS) is 14.8. The standard InChI is InChI=1S/C18H20F3N5O4/c1-3-24-10-12(15(28)30-4-2)13(27)11-9-22-17(23-14(11)24)26-7-5-25(6-8-26)16(29)18(19,20)21/h9-10H,3-8H2,1-2H3. The van der Waals surface area contributed by atoms with Gasteiger partial charge in [0.25, 0.3) is 0 Å². The van der Waals surface area contributed by atoms with Gasteiger partial charge >= 0.3 is 18.1 Å². The zero-order valence-electron chi connectivity index (χ0n) is 16.4. The van der Waals surface area contributed by atoms with Crippen molar-refractivity contribution in [2.45, 2.75) is 26.6 Å². The highest BCUT2D eigenvalue weighted by Gasteiger charge is 2.43. The fraction of sp³-hybridized carbons (Fsp3) is 0.500. The zero-order valence-corrected chi connectivity index (χ0v) is 16.4. The average Bonchev–Trinajstić information content (AvgIpc) is 2.73. The molecule has 0 aliphatic carbocycles. The van der Waals surface area contributed by atoms with Crippen LogP contribution in [0.1, 0.15) is 24.2 Å². The smallest absolute Gasteiger partial charge is 0.462 e.